The molecule has 2 aromatic rings. The van der Waals surface area contributed by atoms with Crippen LogP contribution in [0.4, 0.5) is 0 Å². The molecule has 3 heterocycles. The van der Waals surface area contributed by atoms with Crippen molar-refractivity contribution in [2.75, 3.05) is 13.2 Å². The van der Waals surface area contributed by atoms with Crippen LogP contribution in [0.15, 0.2) is 22.9 Å². The second kappa shape index (κ2) is 5.26. The zero-order chi connectivity index (χ0) is 13.2. The number of carbonyl (C=O) groups is 1. The summed E-state index contributed by atoms with van der Waals surface area (Å²) in [5.41, 5.74) is 1.01. The standard InChI is InChI=1S/C12H13BrN4O2/c13-8-5-14-11-4-10(16-17(11)7-8)12(18)15-6-9-2-1-3-19-9/h4-5,7,9H,1-3,6H2,(H,15,18)/t9-/m1/s1. The first kappa shape index (κ1) is 12.6. The highest BCUT2D eigenvalue weighted by Crippen LogP contribution is 2.12. The van der Waals surface area contributed by atoms with Gasteiger partial charge in [-0.1, -0.05) is 0 Å². The Labute approximate surface area is 118 Å². The van der Waals surface area contributed by atoms with E-state index in [2.05, 4.69) is 31.3 Å². The Morgan fingerprint density at radius 2 is 2.53 bits per heavy atom. The number of amides is 1. The van der Waals surface area contributed by atoms with Crippen molar-refractivity contribution in [3.63, 3.8) is 0 Å². The molecule has 0 saturated carbocycles. The van der Waals surface area contributed by atoms with Crippen LogP contribution in [0.5, 0.6) is 0 Å². The van der Waals surface area contributed by atoms with Gasteiger partial charge in [0.2, 0.25) is 0 Å². The molecule has 1 fully saturated rings. The number of nitrogens with zero attached hydrogens (tertiary/aromatic N) is 3. The third-order valence-corrected chi connectivity index (χ3v) is 3.44. The molecule has 0 unspecified atom stereocenters. The van der Waals surface area contributed by atoms with Crippen molar-refractivity contribution in [2.45, 2.75) is 18.9 Å². The Hall–Kier alpha value is -1.47. The molecule has 7 heteroatoms. The van der Waals surface area contributed by atoms with Gasteiger partial charge in [-0.2, -0.15) is 5.10 Å². The molecule has 0 bridgehead atoms. The molecule has 1 saturated heterocycles. The Balaban J connectivity index is 1.70. The van der Waals surface area contributed by atoms with Crippen LogP contribution in [-0.2, 0) is 4.74 Å². The average Bonchev–Trinajstić information content (AvgIpc) is 3.04. The molecule has 1 aliphatic heterocycles. The minimum Gasteiger partial charge on any atom is -0.376 e. The fourth-order valence-electron chi connectivity index (χ4n) is 2.07. The van der Waals surface area contributed by atoms with Gasteiger partial charge in [0.05, 0.1) is 10.6 Å². The van der Waals surface area contributed by atoms with E-state index in [4.69, 9.17) is 4.74 Å². The average molecular weight is 325 g/mol. The van der Waals surface area contributed by atoms with Crippen LogP contribution in [0.25, 0.3) is 5.65 Å². The van der Waals surface area contributed by atoms with Gasteiger partial charge in [-0.15, -0.1) is 0 Å². The van der Waals surface area contributed by atoms with E-state index >= 15 is 0 Å². The second-order valence-corrected chi connectivity index (χ2v) is 5.37. The van der Waals surface area contributed by atoms with Crippen LogP contribution in [0.1, 0.15) is 23.3 Å². The predicted molar refractivity (Wildman–Crippen MR) is 72.0 cm³/mol. The number of halogens is 1. The minimum atomic E-state index is -0.197. The molecule has 2 aromatic heterocycles. The molecule has 1 atom stereocenters. The van der Waals surface area contributed by atoms with Crippen LogP contribution in [-0.4, -0.2) is 39.8 Å². The van der Waals surface area contributed by atoms with Gasteiger partial charge in [-0.3, -0.25) is 4.79 Å². The predicted octanol–water partition coefficient (Wildman–Crippen LogP) is 1.40. The number of nitrogens with one attached hydrogen (secondary N) is 1. The zero-order valence-electron chi connectivity index (χ0n) is 10.2. The Kier molecular flexibility index (Phi) is 3.48. The van der Waals surface area contributed by atoms with Gasteiger partial charge in [0.15, 0.2) is 11.3 Å². The monoisotopic (exact) mass is 324 g/mol. The summed E-state index contributed by atoms with van der Waals surface area (Å²) < 4.78 is 7.84. The molecule has 3 rings (SSSR count). The van der Waals surface area contributed by atoms with Gasteiger partial charge in [-0.05, 0) is 28.8 Å². The molecular formula is C12H13BrN4O2. The van der Waals surface area contributed by atoms with Crippen LogP contribution in [0.2, 0.25) is 0 Å². The summed E-state index contributed by atoms with van der Waals surface area (Å²) in [7, 11) is 0. The highest BCUT2D eigenvalue weighted by atomic mass is 79.9. The van der Waals surface area contributed by atoms with E-state index in [-0.39, 0.29) is 12.0 Å². The molecule has 1 amide bonds. The zero-order valence-corrected chi connectivity index (χ0v) is 11.8. The SMILES string of the molecule is O=C(NC[C@H]1CCCO1)c1cc2ncc(Br)cn2n1. The minimum absolute atomic E-state index is 0.133. The fraction of sp³-hybridized carbons (Fsp3) is 0.417. The largest absolute Gasteiger partial charge is 0.376 e. The highest BCUT2D eigenvalue weighted by Gasteiger charge is 2.18. The maximum absolute atomic E-state index is 12.0. The number of rotatable bonds is 3. The van der Waals surface area contributed by atoms with E-state index in [1.54, 1.807) is 23.0 Å². The van der Waals surface area contributed by atoms with Gasteiger partial charge in [0.1, 0.15) is 0 Å². The molecule has 19 heavy (non-hydrogen) atoms. The normalized spacial score (nSPS) is 18.9. The molecular weight excluding hydrogens is 312 g/mol. The van der Waals surface area contributed by atoms with E-state index in [1.165, 1.54) is 0 Å². The first-order chi connectivity index (χ1) is 9.22. The van der Waals surface area contributed by atoms with Gasteiger partial charge in [0, 0.05) is 31.6 Å². The van der Waals surface area contributed by atoms with Crippen molar-refractivity contribution in [3.8, 4) is 0 Å². The summed E-state index contributed by atoms with van der Waals surface area (Å²) in [6.45, 7) is 1.32. The maximum atomic E-state index is 12.0. The summed E-state index contributed by atoms with van der Waals surface area (Å²) in [6, 6.07) is 1.66. The summed E-state index contributed by atoms with van der Waals surface area (Å²) in [5.74, 6) is -0.197. The molecule has 0 spiro atoms. The summed E-state index contributed by atoms with van der Waals surface area (Å²) in [5, 5.41) is 7.03. The number of hydrogen-bond acceptors (Lipinski definition) is 4. The number of aromatic nitrogens is 3. The number of carbonyl (C=O) groups excluding carboxylic acids is 1. The van der Waals surface area contributed by atoms with E-state index in [0.717, 1.165) is 23.9 Å². The summed E-state index contributed by atoms with van der Waals surface area (Å²) in [6.07, 6.45) is 5.63. The lowest BCUT2D eigenvalue weighted by Gasteiger charge is -2.09. The van der Waals surface area contributed by atoms with E-state index in [9.17, 15) is 4.79 Å². The van der Waals surface area contributed by atoms with Crippen LogP contribution >= 0.6 is 15.9 Å². The topological polar surface area (TPSA) is 68.5 Å². The van der Waals surface area contributed by atoms with Crippen molar-refractivity contribution in [3.05, 3.63) is 28.6 Å². The Morgan fingerprint density at radius 1 is 1.63 bits per heavy atom. The van der Waals surface area contributed by atoms with Gasteiger partial charge in [-0.25, -0.2) is 9.50 Å². The van der Waals surface area contributed by atoms with E-state index in [1.807, 2.05) is 0 Å². The summed E-state index contributed by atoms with van der Waals surface area (Å²) >= 11 is 3.31. The lowest BCUT2D eigenvalue weighted by atomic mass is 10.2. The molecule has 1 N–H and O–H groups in total. The highest BCUT2D eigenvalue weighted by molar-refractivity contribution is 9.10. The van der Waals surface area contributed by atoms with Gasteiger partial charge < -0.3 is 10.1 Å². The molecule has 100 valence electrons. The maximum Gasteiger partial charge on any atom is 0.271 e. The third-order valence-electron chi connectivity index (χ3n) is 3.03. The Bertz CT molecular complexity index is 607. The number of hydrogen-bond donors (Lipinski definition) is 1. The van der Waals surface area contributed by atoms with Crippen LogP contribution in [0.3, 0.4) is 0 Å². The first-order valence-corrected chi connectivity index (χ1v) is 6.92. The van der Waals surface area contributed by atoms with Gasteiger partial charge in [0.25, 0.3) is 5.91 Å². The van der Waals surface area contributed by atoms with Crippen molar-refractivity contribution in [2.24, 2.45) is 0 Å². The van der Waals surface area contributed by atoms with Crippen molar-refractivity contribution in [1.82, 2.24) is 19.9 Å². The second-order valence-electron chi connectivity index (χ2n) is 4.45. The summed E-state index contributed by atoms with van der Waals surface area (Å²) in [4.78, 5) is 16.1. The van der Waals surface area contributed by atoms with E-state index < -0.39 is 0 Å². The lowest BCUT2D eigenvalue weighted by molar-refractivity contribution is 0.0853. The molecule has 1 aliphatic rings. The molecule has 6 nitrogen and oxygen atoms in total. The first-order valence-electron chi connectivity index (χ1n) is 6.13. The number of ether oxygens (including phenoxy) is 1. The van der Waals surface area contributed by atoms with Gasteiger partial charge >= 0.3 is 0 Å². The van der Waals surface area contributed by atoms with Crippen molar-refractivity contribution >= 4 is 27.5 Å². The van der Waals surface area contributed by atoms with Crippen molar-refractivity contribution in [1.29, 1.82) is 0 Å². The van der Waals surface area contributed by atoms with E-state index in [0.29, 0.717) is 17.9 Å². The Morgan fingerprint density at radius 3 is 3.32 bits per heavy atom. The smallest absolute Gasteiger partial charge is 0.271 e. The third kappa shape index (κ3) is 2.76. The van der Waals surface area contributed by atoms with Crippen LogP contribution in [0, 0.1) is 0 Å². The molecule has 0 aliphatic carbocycles. The lowest BCUT2D eigenvalue weighted by Crippen LogP contribution is -2.32. The quantitative estimate of drug-likeness (QED) is 0.926. The fourth-order valence-corrected chi connectivity index (χ4v) is 2.36. The van der Waals surface area contributed by atoms with Crippen LogP contribution < -0.4 is 5.32 Å². The van der Waals surface area contributed by atoms with Crippen molar-refractivity contribution < 1.29 is 9.53 Å². The number of fused-ring (bicyclic) bond motifs is 1. The molecule has 0 aromatic carbocycles. The molecule has 0 radical (unpaired) electrons.